The second kappa shape index (κ2) is 11.1. The number of hydrogen-bond acceptors (Lipinski definition) is 6. The molecular weight excluding hydrogens is 330 g/mol. The van der Waals surface area contributed by atoms with Gasteiger partial charge in [-0.05, 0) is 19.3 Å². The Kier molecular flexibility index (Phi) is 9.47. The van der Waals surface area contributed by atoms with Gasteiger partial charge in [0.05, 0.1) is 5.92 Å². The fraction of sp³-hybridized carbons (Fsp3) is 0.722. The van der Waals surface area contributed by atoms with Crippen LogP contribution >= 0.6 is 0 Å². The number of rotatable bonds is 9. The summed E-state index contributed by atoms with van der Waals surface area (Å²) < 4.78 is 0. The molecule has 1 aliphatic rings. The number of aliphatic hydroxyl groups is 1. The summed E-state index contributed by atoms with van der Waals surface area (Å²) in [6.07, 6.45) is 0.133. The van der Waals surface area contributed by atoms with Crippen molar-refractivity contribution in [1.82, 2.24) is 15.5 Å². The highest BCUT2D eigenvalue weighted by Gasteiger charge is 2.36. The smallest absolute Gasteiger partial charge is 0.221 e. The third kappa shape index (κ3) is 5.62. The number of nitrogens with zero attached hydrogens (tertiary/aromatic N) is 4. The fourth-order valence-corrected chi connectivity index (χ4v) is 2.79. The van der Waals surface area contributed by atoms with E-state index in [1.165, 1.54) is 0 Å². The van der Waals surface area contributed by atoms with Gasteiger partial charge in [-0.25, -0.2) is 0 Å². The van der Waals surface area contributed by atoms with Gasteiger partial charge in [-0.2, -0.15) is 4.99 Å². The quantitative estimate of drug-likeness (QED) is 0.349. The van der Waals surface area contributed by atoms with Crippen LogP contribution < -0.4 is 16.4 Å². The first-order valence-electron chi connectivity index (χ1n) is 9.21. The number of nitrogens with two attached hydrogens (primary N) is 1. The lowest BCUT2D eigenvalue weighted by atomic mass is 9.96. The van der Waals surface area contributed by atoms with Gasteiger partial charge in [-0.1, -0.05) is 20.4 Å². The van der Waals surface area contributed by atoms with Crippen molar-refractivity contribution in [1.29, 1.82) is 0 Å². The molecule has 3 atom stereocenters. The van der Waals surface area contributed by atoms with Crippen LogP contribution in [0.5, 0.6) is 0 Å². The molecule has 0 spiro atoms. The first-order chi connectivity index (χ1) is 12.4. The Morgan fingerprint density at radius 2 is 2.15 bits per heavy atom. The van der Waals surface area contributed by atoms with E-state index in [2.05, 4.69) is 50.9 Å². The van der Waals surface area contributed by atoms with Crippen LogP contribution in [-0.2, 0) is 0 Å². The normalized spacial score (nSPS) is 23.4. The summed E-state index contributed by atoms with van der Waals surface area (Å²) >= 11 is 0. The summed E-state index contributed by atoms with van der Waals surface area (Å²) in [5.74, 6) is 1.06. The highest BCUT2D eigenvalue weighted by Crippen LogP contribution is 2.23. The van der Waals surface area contributed by atoms with E-state index < -0.39 is 6.23 Å². The van der Waals surface area contributed by atoms with Gasteiger partial charge in [0.15, 0.2) is 0 Å². The molecule has 0 bridgehead atoms. The van der Waals surface area contributed by atoms with Crippen molar-refractivity contribution in [2.75, 3.05) is 40.3 Å². The lowest BCUT2D eigenvalue weighted by Crippen LogP contribution is -2.55. The number of nitrogens with one attached hydrogen (secondary N) is 2. The molecule has 0 fully saturated rings. The van der Waals surface area contributed by atoms with Crippen molar-refractivity contribution < 1.29 is 5.11 Å². The van der Waals surface area contributed by atoms with Crippen LogP contribution in [0.1, 0.15) is 27.2 Å². The molecule has 26 heavy (non-hydrogen) atoms. The second-order valence-corrected chi connectivity index (χ2v) is 6.44. The number of hydrogen-bond donors (Lipinski definition) is 4. The summed E-state index contributed by atoms with van der Waals surface area (Å²) in [7, 11) is 3.37. The van der Waals surface area contributed by atoms with Gasteiger partial charge in [-0.15, -0.1) is 0 Å². The average molecular weight is 366 g/mol. The van der Waals surface area contributed by atoms with E-state index in [9.17, 15) is 5.11 Å². The molecule has 1 heterocycles. The Bertz CT molecular complexity index is 556. The van der Waals surface area contributed by atoms with Gasteiger partial charge in [0.25, 0.3) is 0 Å². The lowest BCUT2D eigenvalue weighted by molar-refractivity contribution is 0.138. The maximum Gasteiger partial charge on any atom is 0.221 e. The molecule has 0 aliphatic carbocycles. The summed E-state index contributed by atoms with van der Waals surface area (Å²) in [5, 5.41) is 16.9. The fourth-order valence-electron chi connectivity index (χ4n) is 2.79. The Hall–Kier alpha value is -1.77. The zero-order chi connectivity index (χ0) is 19.7. The number of amidine groups is 1. The molecule has 0 radical (unpaired) electrons. The largest absolute Gasteiger partial charge is 0.373 e. The van der Waals surface area contributed by atoms with Gasteiger partial charge in [0.1, 0.15) is 12.1 Å². The Morgan fingerprint density at radius 3 is 2.69 bits per heavy atom. The van der Waals surface area contributed by atoms with Crippen molar-refractivity contribution in [3.05, 3.63) is 12.3 Å². The maximum atomic E-state index is 10.6. The van der Waals surface area contributed by atoms with E-state index in [-0.39, 0.29) is 5.92 Å². The van der Waals surface area contributed by atoms with Crippen molar-refractivity contribution in [3.63, 3.8) is 0 Å². The van der Waals surface area contributed by atoms with Gasteiger partial charge in [-0.3, -0.25) is 9.98 Å². The summed E-state index contributed by atoms with van der Waals surface area (Å²) in [6.45, 7) is 13.2. The summed E-state index contributed by atoms with van der Waals surface area (Å²) in [6, 6.07) is 0. The lowest BCUT2D eigenvalue weighted by Gasteiger charge is -2.38. The molecule has 148 valence electrons. The van der Waals surface area contributed by atoms with Crippen molar-refractivity contribution in [2.24, 2.45) is 32.5 Å². The van der Waals surface area contributed by atoms with Gasteiger partial charge in [0.2, 0.25) is 5.96 Å². The molecule has 0 saturated carbocycles. The van der Waals surface area contributed by atoms with Crippen LogP contribution in [0, 0.1) is 11.8 Å². The van der Waals surface area contributed by atoms with Crippen LogP contribution in [-0.4, -0.2) is 74.0 Å². The molecule has 0 amide bonds. The van der Waals surface area contributed by atoms with Crippen LogP contribution in [0.2, 0.25) is 0 Å². The van der Waals surface area contributed by atoms with E-state index in [0.717, 1.165) is 36.8 Å². The molecule has 1 rings (SSSR count). The van der Waals surface area contributed by atoms with E-state index in [4.69, 9.17) is 5.73 Å². The standard InChI is InChI=1S/C18H35N7O/c1-7-12(2)14(4)25(11-10-22-9-8-19)16-15(13(3)20-5)17(26)24-18(21-6)23-16/h12,15,17,22,26H,4,7-11,19H2,1-3,5-6H3,(H,21,24). The van der Waals surface area contributed by atoms with Crippen molar-refractivity contribution in [2.45, 2.75) is 33.4 Å². The SMILES string of the molecule is C=C(C(C)CC)N(CCNCCN)C1=NC(=NC)NC(O)C1C(C)=NC. The zero-order valence-corrected chi connectivity index (χ0v) is 16.8. The first-order valence-corrected chi connectivity index (χ1v) is 9.21. The topological polar surface area (TPSA) is 111 Å². The molecule has 8 nitrogen and oxygen atoms in total. The second-order valence-electron chi connectivity index (χ2n) is 6.44. The van der Waals surface area contributed by atoms with Crippen LogP contribution in [0.15, 0.2) is 27.3 Å². The highest BCUT2D eigenvalue weighted by molar-refractivity contribution is 6.12. The van der Waals surface area contributed by atoms with Crippen molar-refractivity contribution >= 4 is 17.5 Å². The van der Waals surface area contributed by atoms with Gasteiger partial charge >= 0.3 is 0 Å². The highest BCUT2D eigenvalue weighted by atomic mass is 16.3. The third-order valence-electron chi connectivity index (χ3n) is 4.74. The number of allylic oxidation sites excluding steroid dienone is 1. The molecule has 0 aromatic carbocycles. The van der Waals surface area contributed by atoms with Crippen LogP contribution in [0.3, 0.4) is 0 Å². The van der Waals surface area contributed by atoms with E-state index in [1.807, 2.05) is 6.92 Å². The van der Waals surface area contributed by atoms with E-state index >= 15 is 0 Å². The Labute approximate surface area is 157 Å². The molecule has 3 unspecified atom stereocenters. The molecule has 0 aromatic rings. The third-order valence-corrected chi connectivity index (χ3v) is 4.74. The molecule has 0 saturated heterocycles. The van der Waals surface area contributed by atoms with Gasteiger partial charge in [0, 0.05) is 51.7 Å². The average Bonchev–Trinajstić information content (AvgIpc) is 2.65. The first kappa shape index (κ1) is 22.3. The summed E-state index contributed by atoms with van der Waals surface area (Å²) in [4.78, 5) is 15.2. The predicted molar refractivity (Wildman–Crippen MR) is 110 cm³/mol. The summed E-state index contributed by atoms with van der Waals surface area (Å²) in [5.41, 5.74) is 7.33. The van der Waals surface area contributed by atoms with Crippen molar-refractivity contribution in [3.8, 4) is 0 Å². The number of aliphatic hydroxyl groups excluding tert-OH is 1. The molecule has 1 aliphatic heterocycles. The Balaban J connectivity index is 3.26. The maximum absolute atomic E-state index is 10.6. The minimum absolute atomic E-state index is 0.292. The monoisotopic (exact) mass is 365 g/mol. The minimum Gasteiger partial charge on any atom is -0.373 e. The molecular formula is C18H35N7O. The van der Waals surface area contributed by atoms with Crippen LogP contribution in [0.25, 0.3) is 0 Å². The molecule has 5 N–H and O–H groups in total. The predicted octanol–water partition coefficient (Wildman–Crippen LogP) is 0.409. The van der Waals surface area contributed by atoms with Gasteiger partial charge < -0.3 is 26.4 Å². The number of aliphatic imine (C=N–C) groups is 3. The van der Waals surface area contributed by atoms with Crippen LogP contribution in [0.4, 0.5) is 0 Å². The minimum atomic E-state index is -0.839. The number of guanidine groups is 1. The zero-order valence-electron chi connectivity index (χ0n) is 16.8. The van der Waals surface area contributed by atoms with E-state index in [1.54, 1.807) is 14.1 Å². The molecule has 0 aromatic heterocycles. The van der Waals surface area contributed by atoms with E-state index in [0.29, 0.717) is 25.0 Å². The Morgan fingerprint density at radius 1 is 1.46 bits per heavy atom. The molecule has 8 heteroatoms.